The molecule has 33 heavy (non-hydrogen) atoms. The molecule has 176 valence electrons. The van der Waals surface area contributed by atoms with Gasteiger partial charge in [0.2, 0.25) is 10.0 Å². The highest BCUT2D eigenvalue weighted by molar-refractivity contribution is 7.91. The molecule has 2 heterocycles. The van der Waals surface area contributed by atoms with Crippen molar-refractivity contribution >= 4 is 48.9 Å². The summed E-state index contributed by atoms with van der Waals surface area (Å²) in [6.07, 6.45) is 3.05. The van der Waals surface area contributed by atoms with Crippen LogP contribution in [0.15, 0.2) is 58.5 Å². The maximum Gasteiger partial charge on any atom is 0.288 e. The molecule has 0 saturated carbocycles. The fourth-order valence-electron chi connectivity index (χ4n) is 2.80. The number of aromatic nitrogens is 3. The number of halogens is 2. The number of nitrogens with zero attached hydrogens (tertiary/aromatic N) is 3. The third-order valence-corrected chi connectivity index (χ3v) is 7.87. The number of hydrogen-bond donors (Lipinski definition) is 2. The van der Waals surface area contributed by atoms with Gasteiger partial charge in [0.25, 0.3) is 15.6 Å². The number of nitrogens with one attached hydrogen (secondary N) is 2. The summed E-state index contributed by atoms with van der Waals surface area (Å²) in [4.78, 5) is 16.1. The van der Waals surface area contributed by atoms with Gasteiger partial charge in [0.05, 0.1) is 16.1 Å². The van der Waals surface area contributed by atoms with Crippen LogP contribution in [0.25, 0.3) is 0 Å². The number of aryl methyl sites for hydroxylation is 1. The van der Waals surface area contributed by atoms with Gasteiger partial charge in [-0.2, -0.15) is 5.10 Å². The molecule has 2 aromatic heterocycles. The Morgan fingerprint density at radius 2 is 1.85 bits per heavy atom. The van der Waals surface area contributed by atoms with Crippen molar-refractivity contribution in [1.82, 2.24) is 19.5 Å². The average molecular weight is 532 g/mol. The zero-order chi connectivity index (χ0) is 24.2. The molecule has 0 aliphatic heterocycles. The van der Waals surface area contributed by atoms with Crippen molar-refractivity contribution in [2.45, 2.75) is 24.1 Å². The van der Waals surface area contributed by atoms with Gasteiger partial charge in [-0.3, -0.25) is 14.5 Å². The maximum absolute atomic E-state index is 12.8. The first-order chi connectivity index (χ1) is 15.5. The average Bonchev–Trinajstić information content (AvgIpc) is 2.76. The lowest BCUT2D eigenvalue weighted by Crippen LogP contribution is -2.30. The molecule has 0 amide bonds. The quantitative estimate of drug-likeness (QED) is 0.431. The minimum Gasteiger partial charge on any atom is -0.282 e. The number of anilines is 1. The first-order valence-corrected chi connectivity index (χ1v) is 13.3. The molecule has 0 aliphatic carbocycles. The molecule has 2 N–H and O–H groups in total. The van der Waals surface area contributed by atoms with E-state index in [0.717, 1.165) is 11.9 Å². The lowest BCUT2D eigenvalue weighted by atomic mass is 10.2. The van der Waals surface area contributed by atoms with Gasteiger partial charge in [-0.1, -0.05) is 35.3 Å². The Balaban J connectivity index is 1.76. The van der Waals surface area contributed by atoms with Crippen LogP contribution in [0.2, 0.25) is 10.0 Å². The summed E-state index contributed by atoms with van der Waals surface area (Å²) in [6, 6.07) is 9.42. The van der Waals surface area contributed by atoms with E-state index in [-0.39, 0.29) is 27.2 Å². The Morgan fingerprint density at radius 3 is 2.55 bits per heavy atom. The van der Waals surface area contributed by atoms with Gasteiger partial charge in [0.15, 0.2) is 5.88 Å². The van der Waals surface area contributed by atoms with Crippen LogP contribution >= 0.6 is 23.2 Å². The van der Waals surface area contributed by atoms with E-state index in [0.29, 0.717) is 16.7 Å². The van der Waals surface area contributed by atoms with Gasteiger partial charge in [0.1, 0.15) is 5.02 Å². The monoisotopic (exact) mass is 531 g/mol. The van der Waals surface area contributed by atoms with E-state index in [9.17, 15) is 21.6 Å². The predicted molar refractivity (Wildman–Crippen MR) is 125 cm³/mol. The Bertz CT molecular complexity index is 1430. The molecule has 10 nitrogen and oxygen atoms in total. The van der Waals surface area contributed by atoms with Crippen LogP contribution in [-0.2, 0) is 32.3 Å². The Hall–Kier alpha value is -2.51. The fraction of sp³-hybridized carbons (Fsp3) is 0.211. The first kappa shape index (κ1) is 25.1. The third-order valence-electron chi connectivity index (χ3n) is 4.38. The Labute approximate surface area is 200 Å². The van der Waals surface area contributed by atoms with E-state index in [1.165, 1.54) is 18.2 Å². The lowest BCUT2D eigenvalue weighted by molar-refractivity contribution is 0.572. The van der Waals surface area contributed by atoms with Gasteiger partial charge in [-0.05, 0) is 36.8 Å². The zero-order valence-electron chi connectivity index (χ0n) is 17.2. The number of pyridine rings is 1. The first-order valence-electron chi connectivity index (χ1n) is 9.40. The Morgan fingerprint density at radius 1 is 1.09 bits per heavy atom. The number of hydrogen-bond acceptors (Lipinski definition) is 7. The zero-order valence-corrected chi connectivity index (χ0v) is 20.3. The van der Waals surface area contributed by atoms with E-state index < -0.39 is 31.5 Å². The summed E-state index contributed by atoms with van der Waals surface area (Å²) >= 11 is 11.4. The van der Waals surface area contributed by atoms with Crippen LogP contribution in [0.4, 0.5) is 5.69 Å². The summed E-state index contributed by atoms with van der Waals surface area (Å²) in [5.41, 5.74) is 0.271. The van der Waals surface area contributed by atoms with E-state index in [1.807, 2.05) is 0 Å². The molecule has 0 radical (unpaired) electrons. The molecule has 3 rings (SSSR count). The Kier molecular flexibility index (Phi) is 7.75. The van der Waals surface area contributed by atoms with Gasteiger partial charge in [-0.15, -0.1) is 0 Å². The highest BCUT2D eigenvalue weighted by atomic mass is 35.5. The van der Waals surface area contributed by atoms with Crippen LogP contribution in [0.5, 0.6) is 0 Å². The minimum absolute atomic E-state index is 0.00110. The van der Waals surface area contributed by atoms with Gasteiger partial charge < -0.3 is 0 Å². The molecule has 3 aromatic rings. The van der Waals surface area contributed by atoms with E-state index in [2.05, 4.69) is 19.5 Å². The van der Waals surface area contributed by atoms with Crippen LogP contribution in [-0.4, -0.2) is 38.1 Å². The van der Waals surface area contributed by atoms with Crippen molar-refractivity contribution in [2.75, 3.05) is 11.3 Å². The molecule has 0 spiro atoms. The van der Waals surface area contributed by atoms with E-state index in [4.69, 9.17) is 23.2 Å². The number of rotatable bonds is 9. The second kappa shape index (κ2) is 10.2. The summed E-state index contributed by atoms with van der Waals surface area (Å²) in [5.74, 6) is -0.846. The smallest absolute Gasteiger partial charge is 0.282 e. The summed E-state index contributed by atoms with van der Waals surface area (Å²) in [6.45, 7) is 1.70. The van der Waals surface area contributed by atoms with Gasteiger partial charge >= 0.3 is 0 Å². The molecule has 0 saturated heterocycles. The van der Waals surface area contributed by atoms with Crippen LogP contribution < -0.4 is 15.0 Å². The third kappa shape index (κ3) is 6.51. The topological polar surface area (TPSA) is 140 Å². The SMILES string of the molecule is Cc1ccc(NS(=O)(=O)Cn2ncc(Cl)c(Cl)c2=O)cc1S(=O)(=O)NCCc1ccccn1. The largest absolute Gasteiger partial charge is 0.288 e. The van der Waals surface area contributed by atoms with Gasteiger partial charge in [0, 0.05) is 30.5 Å². The molecule has 0 atom stereocenters. The second-order valence-corrected chi connectivity index (χ2v) is 11.1. The molecule has 0 bridgehead atoms. The number of benzene rings is 1. The predicted octanol–water partition coefficient (Wildman–Crippen LogP) is 2.17. The minimum atomic E-state index is -4.14. The summed E-state index contributed by atoms with van der Waals surface area (Å²) < 4.78 is 56.0. The number of sulfonamides is 2. The highest BCUT2D eigenvalue weighted by Gasteiger charge is 2.20. The van der Waals surface area contributed by atoms with Crippen molar-refractivity contribution in [1.29, 1.82) is 0 Å². The standard InChI is InChI=1S/C19H19Cl2N5O5S2/c1-13-5-6-15(25-32(28,29)12-26-19(27)18(21)16(20)11-23-26)10-17(13)33(30,31)24-9-7-14-4-2-3-8-22-14/h2-6,8,10-11,24-25H,7,9,12H2,1H3. The van der Waals surface area contributed by atoms with Gasteiger partial charge in [-0.25, -0.2) is 26.2 Å². The van der Waals surface area contributed by atoms with E-state index >= 15 is 0 Å². The van der Waals surface area contributed by atoms with Crippen molar-refractivity contribution in [3.63, 3.8) is 0 Å². The molecule has 14 heteroatoms. The van der Waals surface area contributed by atoms with Crippen molar-refractivity contribution in [3.05, 3.63) is 80.4 Å². The van der Waals surface area contributed by atoms with Crippen molar-refractivity contribution in [3.8, 4) is 0 Å². The normalized spacial score (nSPS) is 12.0. The fourth-order valence-corrected chi connectivity index (χ4v) is 5.43. The highest BCUT2D eigenvalue weighted by Crippen LogP contribution is 2.21. The summed E-state index contributed by atoms with van der Waals surface area (Å²) in [5, 5.41) is 3.19. The van der Waals surface area contributed by atoms with Crippen LogP contribution in [0, 0.1) is 6.92 Å². The van der Waals surface area contributed by atoms with Crippen molar-refractivity contribution < 1.29 is 16.8 Å². The van der Waals surface area contributed by atoms with Crippen molar-refractivity contribution in [2.24, 2.45) is 0 Å². The maximum atomic E-state index is 12.8. The van der Waals surface area contributed by atoms with Crippen LogP contribution in [0.3, 0.4) is 0 Å². The molecule has 1 aromatic carbocycles. The summed E-state index contributed by atoms with van der Waals surface area (Å²) in [7, 11) is -8.07. The molecule has 0 unspecified atom stereocenters. The molecular formula is C19H19Cl2N5O5S2. The molecule has 0 aliphatic rings. The second-order valence-electron chi connectivity index (χ2n) is 6.91. The van der Waals surface area contributed by atoms with Crippen LogP contribution in [0.1, 0.15) is 11.3 Å². The lowest BCUT2D eigenvalue weighted by Gasteiger charge is -2.13. The van der Waals surface area contributed by atoms with E-state index in [1.54, 1.807) is 31.3 Å². The molecule has 0 fully saturated rings. The molecular weight excluding hydrogens is 513 g/mol.